The first-order valence-corrected chi connectivity index (χ1v) is 10.0. The van der Waals surface area contributed by atoms with E-state index in [1.54, 1.807) is 18.3 Å². The van der Waals surface area contributed by atoms with Crippen LogP contribution in [0.2, 0.25) is 0 Å². The van der Waals surface area contributed by atoms with Gasteiger partial charge in [0, 0.05) is 29.2 Å². The second kappa shape index (κ2) is 7.91. The molecule has 1 saturated heterocycles. The number of halogens is 1. The first-order valence-electron chi connectivity index (χ1n) is 10.0. The van der Waals surface area contributed by atoms with Crippen LogP contribution in [0.1, 0.15) is 43.1 Å². The number of aromatic nitrogens is 3. The average molecular weight is 395 g/mol. The number of hydrogen-bond acceptors (Lipinski definition) is 4. The van der Waals surface area contributed by atoms with Crippen molar-refractivity contribution in [3.8, 4) is 11.3 Å². The Bertz CT molecular complexity index is 1040. The number of carbonyl (C=O) groups excluding carboxylic acids is 1. The van der Waals surface area contributed by atoms with Crippen LogP contribution in [0.5, 0.6) is 0 Å². The molecule has 2 aromatic heterocycles. The fraction of sp³-hybridized carbons (Fsp3) is 0.409. The molecule has 1 N–H and O–H groups in total. The van der Waals surface area contributed by atoms with Gasteiger partial charge in [-0.25, -0.2) is 9.37 Å². The molecule has 7 heteroatoms. The third-order valence-corrected chi connectivity index (χ3v) is 5.50. The van der Waals surface area contributed by atoms with Crippen molar-refractivity contribution in [1.82, 2.24) is 25.0 Å². The van der Waals surface area contributed by atoms with Crippen molar-refractivity contribution in [1.29, 1.82) is 0 Å². The van der Waals surface area contributed by atoms with Gasteiger partial charge in [0.25, 0.3) is 5.91 Å². The third kappa shape index (κ3) is 4.15. The fourth-order valence-electron chi connectivity index (χ4n) is 3.70. The van der Waals surface area contributed by atoms with E-state index in [-0.39, 0.29) is 23.8 Å². The standard InChI is InChI=1S/C22H26FN5O/c1-14(2)28-13-15(12-24-28)21-11-19(18-10-16(23)4-5-20(18)26-21)22(29)25-17-6-8-27(3)9-7-17/h4-5,10-14,17H,6-9H2,1-3H3,(H,25,29). The molecule has 0 bridgehead atoms. The number of pyridine rings is 1. The van der Waals surface area contributed by atoms with Gasteiger partial charge in [0.15, 0.2) is 0 Å². The van der Waals surface area contributed by atoms with Gasteiger partial charge in [-0.15, -0.1) is 0 Å². The molecule has 1 amide bonds. The van der Waals surface area contributed by atoms with Crippen molar-refractivity contribution in [2.45, 2.75) is 38.8 Å². The molecule has 6 nitrogen and oxygen atoms in total. The number of piperidine rings is 1. The molecule has 152 valence electrons. The lowest BCUT2D eigenvalue weighted by atomic mass is 10.0. The minimum absolute atomic E-state index is 0.127. The number of amides is 1. The van der Waals surface area contributed by atoms with Gasteiger partial charge in [-0.1, -0.05) is 0 Å². The van der Waals surface area contributed by atoms with Crippen molar-refractivity contribution in [3.63, 3.8) is 0 Å². The highest BCUT2D eigenvalue weighted by molar-refractivity contribution is 6.07. The largest absolute Gasteiger partial charge is 0.349 e. The predicted molar refractivity (Wildman–Crippen MR) is 111 cm³/mol. The first kappa shape index (κ1) is 19.5. The molecule has 4 rings (SSSR count). The number of nitrogens with one attached hydrogen (secondary N) is 1. The average Bonchev–Trinajstić information content (AvgIpc) is 3.19. The lowest BCUT2D eigenvalue weighted by molar-refractivity contribution is 0.0918. The normalized spacial score (nSPS) is 15.9. The summed E-state index contributed by atoms with van der Waals surface area (Å²) in [5, 5.41) is 8.03. The Kier molecular flexibility index (Phi) is 5.32. The molecule has 1 aliphatic rings. The second-order valence-electron chi connectivity index (χ2n) is 8.07. The molecule has 0 aliphatic carbocycles. The van der Waals surface area contributed by atoms with Gasteiger partial charge in [0.05, 0.1) is 23.0 Å². The van der Waals surface area contributed by atoms with Crippen LogP contribution in [0, 0.1) is 5.82 Å². The van der Waals surface area contributed by atoms with Gasteiger partial charge in [-0.05, 0) is 71.1 Å². The van der Waals surface area contributed by atoms with E-state index < -0.39 is 0 Å². The third-order valence-electron chi connectivity index (χ3n) is 5.50. The molecule has 3 aromatic rings. The number of likely N-dealkylation sites (tertiary alicyclic amines) is 1. The monoisotopic (exact) mass is 395 g/mol. The van der Waals surface area contributed by atoms with E-state index in [1.165, 1.54) is 12.1 Å². The van der Waals surface area contributed by atoms with Crippen LogP contribution in [0.25, 0.3) is 22.2 Å². The number of fused-ring (bicyclic) bond motifs is 1. The van der Waals surface area contributed by atoms with Crippen molar-refractivity contribution in [2.75, 3.05) is 20.1 Å². The van der Waals surface area contributed by atoms with Crippen LogP contribution in [0.4, 0.5) is 4.39 Å². The zero-order valence-electron chi connectivity index (χ0n) is 17.0. The van der Waals surface area contributed by atoms with Crippen LogP contribution < -0.4 is 5.32 Å². The van der Waals surface area contributed by atoms with Gasteiger partial charge < -0.3 is 10.2 Å². The van der Waals surface area contributed by atoms with Crippen molar-refractivity contribution in [3.05, 3.63) is 48.0 Å². The van der Waals surface area contributed by atoms with E-state index in [0.717, 1.165) is 31.5 Å². The van der Waals surface area contributed by atoms with Gasteiger partial charge in [-0.2, -0.15) is 5.10 Å². The second-order valence-corrected chi connectivity index (χ2v) is 8.07. The number of rotatable bonds is 4. The van der Waals surface area contributed by atoms with E-state index in [2.05, 4.69) is 27.3 Å². The molecule has 1 aromatic carbocycles. The maximum absolute atomic E-state index is 13.9. The van der Waals surface area contributed by atoms with Crippen LogP contribution in [0.3, 0.4) is 0 Å². The Labute approximate surface area is 169 Å². The summed E-state index contributed by atoms with van der Waals surface area (Å²) in [5.41, 5.74) is 2.53. The van der Waals surface area contributed by atoms with E-state index in [9.17, 15) is 9.18 Å². The molecular weight excluding hydrogens is 369 g/mol. The molecule has 29 heavy (non-hydrogen) atoms. The van der Waals surface area contributed by atoms with E-state index in [4.69, 9.17) is 0 Å². The van der Waals surface area contributed by atoms with Gasteiger partial charge in [0.1, 0.15) is 5.82 Å². The van der Waals surface area contributed by atoms with Gasteiger partial charge in [0.2, 0.25) is 0 Å². The van der Waals surface area contributed by atoms with Crippen LogP contribution in [0.15, 0.2) is 36.7 Å². The van der Waals surface area contributed by atoms with Gasteiger partial charge in [-0.3, -0.25) is 9.48 Å². The van der Waals surface area contributed by atoms with E-state index >= 15 is 0 Å². The predicted octanol–water partition coefficient (Wildman–Crippen LogP) is 3.64. The lowest BCUT2D eigenvalue weighted by Gasteiger charge is -2.29. The highest BCUT2D eigenvalue weighted by atomic mass is 19.1. The zero-order chi connectivity index (χ0) is 20.5. The molecule has 0 atom stereocenters. The molecule has 0 spiro atoms. The number of nitrogens with zero attached hydrogens (tertiary/aromatic N) is 4. The summed E-state index contributed by atoms with van der Waals surface area (Å²) in [4.78, 5) is 20.0. The molecular formula is C22H26FN5O. The SMILES string of the molecule is CC(C)n1cc(-c2cc(C(=O)NC3CCN(C)CC3)c3cc(F)ccc3n2)cn1. The topological polar surface area (TPSA) is 63.1 Å². The number of carbonyl (C=O) groups is 1. The molecule has 1 aliphatic heterocycles. The Hall–Kier alpha value is -2.80. The highest BCUT2D eigenvalue weighted by Gasteiger charge is 2.21. The quantitative estimate of drug-likeness (QED) is 0.733. The molecule has 3 heterocycles. The lowest BCUT2D eigenvalue weighted by Crippen LogP contribution is -2.43. The maximum Gasteiger partial charge on any atom is 0.252 e. The van der Waals surface area contributed by atoms with Crippen LogP contribution in [-0.4, -0.2) is 51.8 Å². The minimum atomic E-state index is -0.381. The minimum Gasteiger partial charge on any atom is -0.349 e. The maximum atomic E-state index is 13.9. The summed E-state index contributed by atoms with van der Waals surface area (Å²) in [6.45, 7) is 6.01. The zero-order valence-corrected chi connectivity index (χ0v) is 17.0. The summed E-state index contributed by atoms with van der Waals surface area (Å²) >= 11 is 0. The molecule has 0 radical (unpaired) electrons. The number of benzene rings is 1. The summed E-state index contributed by atoms with van der Waals surface area (Å²) in [5.74, 6) is -0.567. The Morgan fingerprint density at radius 2 is 2.00 bits per heavy atom. The van der Waals surface area contributed by atoms with Crippen molar-refractivity contribution < 1.29 is 9.18 Å². The Balaban J connectivity index is 1.72. The first-order chi connectivity index (χ1) is 13.9. The Morgan fingerprint density at radius 3 is 2.69 bits per heavy atom. The summed E-state index contributed by atoms with van der Waals surface area (Å²) in [6.07, 6.45) is 5.48. The molecule has 1 fully saturated rings. The molecule has 0 saturated carbocycles. The smallest absolute Gasteiger partial charge is 0.252 e. The summed E-state index contributed by atoms with van der Waals surface area (Å²) < 4.78 is 15.8. The highest BCUT2D eigenvalue weighted by Crippen LogP contribution is 2.26. The number of hydrogen-bond donors (Lipinski definition) is 1. The van der Waals surface area contributed by atoms with Crippen molar-refractivity contribution >= 4 is 16.8 Å². The summed E-state index contributed by atoms with van der Waals surface area (Å²) in [7, 11) is 2.08. The molecule has 0 unspecified atom stereocenters. The van der Waals surface area contributed by atoms with Crippen LogP contribution >= 0.6 is 0 Å². The van der Waals surface area contributed by atoms with Crippen LogP contribution in [-0.2, 0) is 0 Å². The Morgan fingerprint density at radius 1 is 1.24 bits per heavy atom. The van der Waals surface area contributed by atoms with Crippen molar-refractivity contribution in [2.24, 2.45) is 0 Å². The van der Waals surface area contributed by atoms with E-state index in [1.807, 2.05) is 24.7 Å². The summed E-state index contributed by atoms with van der Waals surface area (Å²) in [6, 6.07) is 6.47. The van der Waals surface area contributed by atoms with Gasteiger partial charge >= 0.3 is 0 Å². The van der Waals surface area contributed by atoms with E-state index in [0.29, 0.717) is 22.2 Å². The fourth-order valence-corrected chi connectivity index (χ4v) is 3.70.